The van der Waals surface area contributed by atoms with Crippen LogP contribution in [0.4, 0.5) is 0 Å². The van der Waals surface area contributed by atoms with Crippen LogP contribution < -0.4 is 5.73 Å². The monoisotopic (exact) mass is 276 g/mol. The summed E-state index contributed by atoms with van der Waals surface area (Å²) in [7, 11) is 0. The number of nitrogens with two attached hydrogens (primary N) is 1. The first-order valence-corrected chi connectivity index (χ1v) is 8.28. The number of rotatable bonds is 6. The average molecular weight is 276 g/mol. The van der Waals surface area contributed by atoms with Gasteiger partial charge in [-0.1, -0.05) is 19.8 Å². The fourth-order valence-electron chi connectivity index (χ4n) is 3.75. The molecule has 2 unspecified atom stereocenters. The molecular weight excluding hydrogens is 248 g/mol. The third-order valence-corrected chi connectivity index (χ3v) is 5.10. The molecule has 2 atom stereocenters. The Labute approximate surface area is 122 Å². The summed E-state index contributed by atoms with van der Waals surface area (Å²) in [6, 6.07) is 1.39. The van der Waals surface area contributed by atoms with Crippen LogP contribution in [-0.2, 0) is 6.54 Å². The second-order valence-corrected chi connectivity index (χ2v) is 6.43. The van der Waals surface area contributed by atoms with Crippen LogP contribution in [0.3, 0.4) is 0 Å². The third-order valence-electron chi connectivity index (χ3n) is 5.10. The van der Waals surface area contributed by atoms with Gasteiger partial charge in [0.15, 0.2) is 0 Å². The highest BCUT2D eigenvalue weighted by Gasteiger charge is 2.30. The molecule has 0 spiro atoms. The Morgan fingerprint density at radius 2 is 2.10 bits per heavy atom. The molecule has 1 aromatic heterocycles. The Hall–Kier alpha value is -0.870. The summed E-state index contributed by atoms with van der Waals surface area (Å²) in [5, 5.41) is 0. The van der Waals surface area contributed by atoms with E-state index in [-0.39, 0.29) is 0 Å². The molecule has 3 rings (SSSR count). The quantitative estimate of drug-likeness (QED) is 0.868. The van der Waals surface area contributed by atoms with Crippen LogP contribution in [0, 0.1) is 5.92 Å². The highest BCUT2D eigenvalue weighted by molar-refractivity contribution is 5.04. The minimum Gasteiger partial charge on any atom is -0.330 e. The molecule has 1 aromatic rings. The zero-order chi connectivity index (χ0) is 13.9. The number of imidazole rings is 1. The molecule has 112 valence electrons. The maximum absolute atomic E-state index is 6.00. The van der Waals surface area contributed by atoms with Crippen molar-refractivity contribution in [3.63, 3.8) is 0 Å². The zero-order valence-corrected chi connectivity index (χ0v) is 12.7. The predicted octanol–water partition coefficient (Wildman–Crippen LogP) is 2.56. The van der Waals surface area contributed by atoms with E-state index in [1.165, 1.54) is 44.2 Å². The summed E-state index contributed by atoms with van der Waals surface area (Å²) in [6.45, 7) is 5.26. The summed E-state index contributed by atoms with van der Waals surface area (Å²) in [4.78, 5) is 7.00. The first-order chi connectivity index (χ1) is 9.83. The summed E-state index contributed by atoms with van der Waals surface area (Å²) >= 11 is 0. The van der Waals surface area contributed by atoms with E-state index < -0.39 is 0 Å². The smallest absolute Gasteiger partial charge is 0.0951 e. The summed E-state index contributed by atoms with van der Waals surface area (Å²) in [5.41, 5.74) is 7.39. The van der Waals surface area contributed by atoms with Gasteiger partial charge in [0.25, 0.3) is 0 Å². The Kier molecular flexibility index (Phi) is 4.41. The number of aromatic nitrogens is 2. The van der Waals surface area contributed by atoms with Gasteiger partial charge in [0.2, 0.25) is 0 Å². The van der Waals surface area contributed by atoms with Crippen LogP contribution in [-0.4, -0.2) is 33.6 Å². The molecule has 0 bridgehead atoms. The minimum absolute atomic E-state index is 0.668. The van der Waals surface area contributed by atoms with Gasteiger partial charge in [-0.3, -0.25) is 4.90 Å². The summed E-state index contributed by atoms with van der Waals surface area (Å²) < 4.78 is 2.39. The van der Waals surface area contributed by atoms with Gasteiger partial charge in [0.1, 0.15) is 0 Å². The van der Waals surface area contributed by atoms with E-state index in [1.807, 2.05) is 6.33 Å². The number of nitrogens with zero attached hydrogens (tertiary/aromatic N) is 3. The summed E-state index contributed by atoms with van der Waals surface area (Å²) in [5.74, 6) is 0.681. The van der Waals surface area contributed by atoms with Gasteiger partial charge >= 0.3 is 0 Å². The lowest BCUT2D eigenvalue weighted by atomic mass is 9.83. The highest BCUT2D eigenvalue weighted by atomic mass is 15.2. The van der Waals surface area contributed by atoms with Gasteiger partial charge in [-0.05, 0) is 44.7 Å². The Bertz CT molecular complexity index is 424. The molecule has 2 N–H and O–H groups in total. The van der Waals surface area contributed by atoms with Gasteiger partial charge in [-0.15, -0.1) is 0 Å². The lowest BCUT2D eigenvalue weighted by Gasteiger charge is -2.39. The molecule has 0 radical (unpaired) electrons. The molecule has 4 heteroatoms. The van der Waals surface area contributed by atoms with E-state index in [0.29, 0.717) is 12.0 Å². The molecule has 0 aliphatic heterocycles. The third kappa shape index (κ3) is 2.91. The normalized spacial score (nSPS) is 27.1. The fraction of sp³-hybridized carbons (Fsp3) is 0.812. The van der Waals surface area contributed by atoms with Crippen molar-refractivity contribution in [2.45, 2.75) is 64.1 Å². The molecule has 2 saturated carbocycles. The molecule has 2 fully saturated rings. The zero-order valence-electron chi connectivity index (χ0n) is 12.7. The molecule has 4 nitrogen and oxygen atoms in total. The van der Waals surface area contributed by atoms with Crippen molar-refractivity contribution in [3.8, 4) is 0 Å². The van der Waals surface area contributed by atoms with Crippen LogP contribution in [0.25, 0.3) is 0 Å². The largest absolute Gasteiger partial charge is 0.330 e. The average Bonchev–Trinajstić information content (AvgIpc) is 3.24. The second kappa shape index (κ2) is 6.27. The summed E-state index contributed by atoms with van der Waals surface area (Å²) in [6.07, 6.45) is 12.1. The lowest BCUT2D eigenvalue weighted by Crippen LogP contribution is -2.44. The highest BCUT2D eigenvalue weighted by Crippen LogP contribution is 2.36. The predicted molar refractivity (Wildman–Crippen MR) is 81.4 cm³/mol. The van der Waals surface area contributed by atoms with Crippen LogP contribution in [0.15, 0.2) is 12.5 Å². The first-order valence-electron chi connectivity index (χ1n) is 8.28. The molecule has 20 heavy (non-hydrogen) atoms. The van der Waals surface area contributed by atoms with Gasteiger partial charge in [0.05, 0.1) is 12.0 Å². The van der Waals surface area contributed by atoms with Gasteiger partial charge in [-0.2, -0.15) is 0 Å². The van der Waals surface area contributed by atoms with Gasteiger partial charge in [-0.25, -0.2) is 4.98 Å². The Morgan fingerprint density at radius 3 is 2.80 bits per heavy atom. The standard InChI is InChI=1S/C16H28N4/c1-2-19(16-6-4-3-5-13(16)9-17)11-15-10-18-12-20(15)14-7-8-14/h10,12-14,16H,2-9,11,17H2,1H3. The van der Waals surface area contributed by atoms with Crippen molar-refractivity contribution in [1.82, 2.24) is 14.5 Å². The van der Waals surface area contributed by atoms with Crippen molar-refractivity contribution >= 4 is 0 Å². The minimum atomic E-state index is 0.668. The van der Waals surface area contributed by atoms with Gasteiger partial charge in [0, 0.05) is 24.8 Å². The van der Waals surface area contributed by atoms with Crippen molar-refractivity contribution in [2.75, 3.05) is 13.1 Å². The van der Waals surface area contributed by atoms with E-state index in [9.17, 15) is 0 Å². The van der Waals surface area contributed by atoms with E-state index in [0.717, 1.165) is 25.7 Å². The SMILES string of the molecule is CCN(Cc1cncn1C1CC1)C1CCCCC1CN. The molecule has 2 aliphatic rings. The maximum atomic E-state index is 6.00. The van der Waals surface area contributed by atoms with Crippen LogP contribution in [0.2, 0.25) is 0 Å². The second-order valence-electron chi connectivity index (χ2n) is 6.43. The van der Waals surface area contributed by atoms with Crippen LogP contribution >= 0.6 is 0 Å². The first kappa shape index (κ1) is 14.1. The van der Waals surface area contributed by atoms with Crippen molar-refractivity contribution in [3.05, 3.63) is 18.2 Å². The Morgan fingerprint density at radius 1 is 1.30 bits per heavy atom. The molecule has 1 heterocycles. The van der Waals surface area contributed by atoms with E-state index in [2.05, 4.69) is 27.6 Å². The molecule has 0 saturated heterocycles. The van der Waals surface area contributed by atoms with Gasteiger partial charge < -0.3 is 10.3 Å². The van der Waals surface area contributed by atoms with E-state index in [1.54, 1.807) is 0 Å². The van der Waals surface area contributed by atoms with Crippen LogP contribution in [0.5, 0.6) is 0 Å². The molecule has 2 aliphatic carbocycles. The molecular formula is C16H28N4. The van der Waals surface area contributed by atoms with Crippen molar-refractivity contribution in [1.29, 1.82) is 0 Å². The van der Waals surface area contributed by atoms with E-state index >= 15 is 0 Å². The number of hydrogen-bond donors (Lipinski definition) is 1. The maximum Gasteiger partial charge on any atom is 0.0951 e. The Balaban J connectivity index is 1.70. The van der Waals surface area contributed by atoms with Crippen LogP contribution in [0.1, 0.15) is 57.2 Å². The fourth-order valence-corrected chi connectivity index (χ4v) is 3.75. The van der Waals surface area contributed by atoms with E-state index in [4.69, 9.17) is 5.73 Å². The topological polar surface area (TPSA) is 47.1 Å². The van der Waals surface area contributed by atoms with Crippen molar-refractivity contribution < 1.29 is 0 Å². The lowest BCUT2D eigenvalue weighted by molar-refractivity contribution is 0.103. The number of hydrogen-bond acceptors (Lipinski definition) is 3. The molecule has 0 aromatic carbocycles. The van der Waals surface area contributed by atoms with Crippen molar-refractivity contribution in [2.24, 2.45) is 11.7 Å². The molecule has 0 amide bonds.